The van der Waals surface area contributed by atoms with Gasteiger partial charge in [0.2, 0.25) is 11.6 Å². The molecule has 3 heterocycles. The quantitative estimate of drug-likeness (QED) is 0.240. The van der Waals surface area contributed by atoms with E-state index in [2.05, 4.69) is 15.1 Å². The molecule has 3 aromatic heterocycles. The number of carbonyl (C=O) groups excluding carboxylic acids is 2. The van der Waals surface area contributed by atoms with Gasteiger partial charge in [0.1, 0.15) is 11.5 Å². The maximum atomic E-state index is 13.8. The molecule has 0 fully saturated rings. The van der Waals surface area contributed by atoms with Crippen LogP contribution >= 0.6 is 0 Å². The van der Waals surface area contributed by atoms with E-state index in [1.54, 1.807) is 60.7 Å². The molecule has 3 N–H and O–H groups in total. The second-order valence-electron chi connectivity index (χ2n) is 8.63. The summed E-state index contributed by atoms with van der Waals surface area (Å²) < 4.78 is 34.5. The van der Waals surface area contributed by atoms with Gasteiger partial charge in [-0.05, 0) is 42.5 Å². The van der Waals surface area contributed by atoms with Crippen molar-refractivity contribution in [3.63, 3.8) is 0 Å². The molecule has 0 saturated carbocycles. The fourth-order valence-corrected chi connectivity index (χ4v) is 5.97. The zero-order valence-corrected chi connectivity index (χ0v) is 21.2. The standard InChI is InChI=1S/C27H20N6O5S/c1-38-27(35)26-30-20-12-11-17(14-21(20)31-26)32-25(28)19(15-29-32)24(34)23-13-16-7-5-6-10-22(16)33(23)39(36,37)18-8-3-2-4-9-18/h2-15H,28H2,1H3,(H,30,31). The van der Waals surface area contributed by atoms with Crippen LogP contribution in [0.4, 0.5) is 5.82 Å². The highest BCUT2D eigenvalue weighted by molar-refractivity contribution is 7.90. The van der Waals surface area contributed by atoms with Crippen LogP contribution in [0.25, 0.3) is 27.6 Å². The number of hydrogen-bond acceptors (Lipinski definition) is 8. The number of hydrogen-bond donors (Lipinski definition) is 2. The highest BCUT2D eigenvalue weighted by Gasteiger charge is 2.29. The summed E-state index contributed by atoms with van der Waals surface area (Å²) in [5, 5.41) is 4.86. The smallest absolute Gasteiger partial charge is 0.374 e. The first-order valence-electron chi connectivity index (χ1n) is 11.7. The number of nitrogens with one attached hydrogen (secondary N) is 1. The summed E-state index contributed by atoms with van der Waals surface area (Å²) in [6.45, 7) is 0. The lowest BCUT2D eigenvalue weighted by Gasteiger charge is -2.11. The maximum Gasteiger partial charge on any atom is 0.374 e. The number of nitrogens with zero attached hydrogens (tertiary/aromatic N) is 4. The summed E-state index contributed by atoms with van der Waals surface area (Å²) in [7, 11) is -2.86. The molecular weight excluding hydrogens is 520 g/mol. The molecule has 0 amide bonds. The molecule has 194 valence electrons. The van der Waals surface area contributed by atoms with Gasteiger partial charge in [-0.3, -0.25) is 4.79 Å². The molecule has 0 aliphatic carbocycles. The summed E-state index contributed by atoms with van der Waals surface area (Å²) in [5.74, 6) is -1.17. The van der Waals surface area contributed by atoms with Crippen molar-refractivity contribution in [2.75, 3.05) is 12.8 Å². The first kappa shape index (κ1) is 24.1. The Labute approximate surface area is 221 Å². The van der Waals surface area contributed by atoms with Crippen LogP contribution in [0.5, 0.6) is 0 Å². The van der Waals surface area contributed by atoms with E-state index in [1.165, 1.54) is 36.2 Å². The van der Waals surface area contributed by atoms with Crippen molar-refractivity contribution in [1.29, 1.82) is 0 Å². The molecule has 0 aliphatic heterocycles. The number of carbonyl (C=O) groups is 2. The third-order valence-corrected chi connectivity index (χ3v) is 8.06. The number of rotatable bonds is 6. The predicted molar refractivity (Wildman–Crippen MR) is 143 cm³/mol. The van der Waals surface area contributed by atoms with E-state index in [-0.39, 0.29) is 27.8 Å². The van der Waals surface area contributed by atoms with Crippen molar-refractivity contribution in [2.45, 2.75) is 4.90 Å². The Balaban J connectivity index is 1.45. The lowest BCUT2D eigenvalue weighted by atomic mass is 10.1. The first-order chi connectivity index (χ1) is 18.8. The number of fused-ring (bicyclic) bond motifs is 2. The van der Waals surface area contributed by atoms with E-state index in [4.69, 9.17) is 10.5 Å². The third kappa shape index (κ3) is 3.85. The molecule has 3 aromatic carbocycles. The molecule has 0 aliphatic rings. The molecule has 12 heteroatoms. The Morgan fingerprint density at radius 1 is 0.974 bits per heavy atom. The van der Waals surface area contributed by atoms with Crippen molar-refractivity contribution in [3.05, 3.63) is 102 Å². The Morgan fingerprint density at radius 2 is 1.72 bits per heavy atom. The van der Waals surface area contributed by atoms with Crippen LogP contribution in [0.3, 0.4) is 0 Å². The fourth-order valence-electron chi connectivity index (χ4n) is 4.44. The van der Waals surface area contributed by atoms with Crippen LogP contribution in [0.2, 0.25) is 0 Å². The molecule has 0 radical (unpaired) electrons. The van der Waals surface area contributed by atoms with Crippen molar-refractivity contribution >= 4 is 49.5 Å². The number of nitrogen functional groups attached to an aromatic ring is 1. The molecule has 6 aromatic rings. The van der Waals surface area contributed by atoms with E-state index in [9.17, 15) is 18.0 Å². The van der Waals surface area contributed by atoms with E-state index in [1.807, 2.05) is 0 Å². The lowest BCUT2D eigenvalue weighted by molar-refractivity contribution is 0.0588. The fraction of sp³-hybridized carbons (Fsp3) is 0.0370. The summed E-state index contributed by atoms with van der Waals surface area (Å²) >= 11 is 0. The second kappa shape index (κ2) is 8.96. The highest BCUT2D eigenvalue weighted by atomic mass is 32.2. The van der Waals surface area contributed by atoms with Crippen LogP contribution in [-0.2, 0) is 14.8 Å². The van der Waals surface area contributed by atoms with Gasteiger partial charge in [-0.25, -0.2) is 26.9 Å². The van der Waals surface area contributed by atoms with Crippen LogP contribution in [0, 0.1) is 0 Å². The molecule has 0 unspecified atom stereocenters. The number of H-pyrrole nitrogens is 1. The number of benzene rings is 3. The molecule has 0 saturated heterocycles. The number of aromatic nitrogens is 5. The molecule has 39 heavy (non-hydrogen) atoms. The first-order valence-corrected chi connectivity index (χ1v) is 13.1. The largest absolute Gasteiger partial charge is 0.463 e. The van der Waals surface area contributed by atoms with E-state index in [0.29, 0.717) is 27.6 Å². The van der Waals surface area contributed by atoms with Gasteiger partial charge in [0.15, 0.2) is 0 Å². The normalized spacial score (nSPS) is 11.7. The van der Waals surface area contributed by atoms with Crippen molar-refractivity contribution in [3.8, 4) is 5.69 Å². The molecule has 0 spiro atoms. The van der Waals surface area contributed by atoms with E-state index < -0.39 is 21.8 Å². The molecular formula is C27H20N6O5S. The third-order valence-electron chi connectivity index (χ3n) is 6.32. The average molecular weight is 541 g/mol. The zero-order chi connectivity index (χ0) is 27.3. The predicted octanol–water partition coefficient (Wildman–Crippen LogP) is 3.54. The summed E-state index contributed by atoms with van der Waals surface area (Å²) in [5.41, 5.74) is 8.24. The second-order valence-corrected chi connectivity index (χ2v) is 10.4. The van der Waals surface area contributed by atoms with Gasteiger partial charge < -0.3 is 15.5 Å². The monoisotopic (exact) mass is 540 g/mol. The van der Waals surface area contributed by atoms with Gasteiger partial charge in [-0.2, -0.15) is 5.10 Å². The Hall–Kier alpha value is -5.23. The number of nitrogens with two attached hydrogens (primary N) is 1. The van der Waals surface area contributed by atoms with Crippen molar-refractivity contribution in [2.24, 2.45) is 0 Å². The number of anilines is 1. The number of ether oxygens (including phenoxy) is 1. The topological polar surface area (TPSA) is 155 Å². The van der Waals surface area contributed by atoms with Gasteiger partial charge in [0, 0.05) is 5.39 Å². The highest BCUT2D eigenvalue weighted by Crippen LogP contribution is 2.29. The van der Waals surface area contributed by atoms with Crippen LogP contribution < -0.4 is 5.73 Å². The summed E-state index contributed by atoms with van der Waals surface area (Å²) in [6, 6.07) is 21.3. The number of methoxy groups -OCH3 is 1. The number of imidazole rings is 1. The Morgan fingerprint density at radius 3 is 2.49 bits per heavy atom. The molecule has 0 atom stereocenters. The van der Waals surface area contributed by atoms with Gasteiger partial charge >= 0.3 is 5.97 Å². The molecule has 0 bridgehead atoms. The van der Waals surface area contributed by atoms with Gasteiger partial charge in [0.05, 0.1) is 46.0 Å². The van der Waals surface area contributed by atoms with E-state index in [0.717, 1.165) is 3.97 Å². The maximum absolute atomic E-state index is 13.8. The summed E-state index contributed by atoms with van der Waals surface area (Å²) in [4.78, 5) is 32.8. The van der Waals surface area contributed by atoms with Crippen LogP contribution in [0.1, 0.15) is 26.7 Å². The number of para-hydroxylation sites is 1. The van der Waals surface area contributed by atoms with Crippen molar-refractivity contribution < 1.29 is 22.7 Å². The average Bonchev–Trinajstić information content (AvgIpc) is 3.67. The van der Waals surface area contributed by atoms with Gasteiger partial charge in [0.25, 0.3) is 10.0 Å². The minimum Gasteiger partial charge on any atom is -0.463 e. The number of ketones is 1. The Bertz CT molecular complexity index is 2020. The number of esters is 1. The Kier molecular flexibility index (Phi) is 5.54. The van der Waals surface area contributed by atoms with Gasteiger partial charge in [-0.15, -0.1) is 0 Å². The van der Waals surface area contributed by atoms with Crippen LogP contribution in [-0.4, -0.2) is 51.0 Å². The molecule has 6 rings (SSSR count). The van der Waals surface area contributed by atoms with E-state index >= 15 is 0 Å². The van der Waals surface area contributed by atoms with Crippen LogP contribution in [0.15, 0.2) is 90.0 Å². The minimum absolute atomic E-state index is 0.0111. The minimum atomic E-state index is -4.12. The molecule has 11 nitrogen and oxygen atoms in total. The zero-order valence-electron chi connectivity index (χ0n) is 20.4. The van der Waals surface area contributed by atoms with Crippen molar-refractivity contribution in [1.82, 2.24) is 23.7 Å². The van der Waals surface area contributed by atoms with Gasteiger partial charge in [-0.1, -0.05) is 36.4 Å². The number of aromatic amines is 1. The lowest BCUT2D eigenvalue weighted by Crippen LogP contribution is -2.19. The SMILES string of the molecule is COC(=O)c1nc2cc(-n3ncc(C(=O)c4cc5ccccc5n4S(=O)(=O)c4ccccc4)c3N)ccc2[nH]1. The summed E-state index contributed by atoms with van der Waals surface area (Å²) in [6.07, 6.45) is 1.30.